The van der Waals surface area contributed by atoms with Crippen LogP contribution in [-0.4, -0.2) is 18.7 Å². The van der Waals surface area contributed by atoms with E-state index >= 15 is 0 Å². The van der Waals surface area contributed by atoms with Crippen molar-refractivity contribution in [1.29, 1.82) is 0 Å². The average molecular weight is 341 g/mol. The fourth-order valence-corrected chi connectivity index (χ4v) is 2.67. The second-order valence-electron chi connectivity index (χ2n) is 5.22. The van der Waals surface area contributed by atoms with E-state index in [0.29, 0.717) is 6.61 Å². The number of benzene rings is 1. The molecule has 3 nitrogen and oxygen atoms in total. The van der Waals surface area contributed by atoms with Gasteiger partial charge in [0.15, 0.2) is 0 Å². The van der Waals surface area contributed by atoms with Crippen LogP contribution in [0.4, 0.5) is 0 Å². The maximum Gasteiger partial charge on any atom is 0.309 e. The van der Waals surface area contributed by atoms with E-state index in [9.17, 15) is 4.79 Å². The van der Waals surface area contributed by atoms with Crippen LogP contribution in [-0.2, 0) is 9.53 Å². The summed E-state index contributed by atoms with van der Waals surface area (Å²) in [5.41, 5.74) is 0. The van der Waals surface area contributed by atoms with Gasteiger partial charge in [-0.3, -0.25) is 4.79 Å². The minimum absolute atomic E-state index is 0.00676. The molecule has 0 saturated heterocycles. The van der Waals surface area contributed by atoms with Crippen molar-refractivity contribution in [3.05, 3.63) is 28.7 Å². The Morgan fingerprint density at radius 3 is 2.75 bits per heavy atom. The molecule has 2 rings (SSSR count). The minimum Gasteiger partial charge on any atom is -0.490 e. The van der Waals surface area contributed by atoms with E-state index in [1.165, 1.54) is 0 Å². The molecule has 1 fully saturated rings. The lowest BCUT2D eigenvalue weighted by atomic mass is 10.1. The lowest BCUT2D eigenvalue weighted by Crippen LogP contribution is -2.18. The Hall–Kier alpha value is -1.03. The second kappa shape index (κ2) is 7.67. The Bertz CT molecular complexity index is 430. The van der Waals surface area contributed by atoms with E-state index in [1.54, 1.807) is 0 Å². The molecule has 1 aliphatic rings. The molecule has 1 aromatic carbocycles. The SMILES string of the molecule is CCCCOC(=O)[C@@H]1CC[C@@H](Oc2ccc(Br)cc2)C1. The standard InChI is InChI=1S/C16H21BrO3/c1-2-3-10-19-16(18)12-4-7-15(11-12)20-14-8-5-13(17)6-9-14/h5-6,8-9,12,15H,2-4,7,10-11H2,1H3/t12-,15-/m1/s1. The van der Waals surface area contributed by atoms with Gasteiger partial charge in [0.2, 0.25) is 0 Å². The topological polar surface area (TPSA) is 35.5 Å². The third-order valence-corrected chi connectivity index (χ3v) is 4.11. The van der Waals surface area contributed by atoms with Crippen LogP contribution in [0.1, 0.15) is 39.0 Å². The van der Waals surface area contributed by atoms with Gasteiger partial charge in [-0.2, -0.15) is 0 Å². The number of rotatable bonds is 6. The highest BCUT2D eigenvalue weighted by molar-refractivity contribution is 9.10. The molecule has 0 unspecified atom stereocenters. The first-order valence-electron chi connectivity index (χ1n) is 7.28. The van der Waals surface area contributed by atoms with Gasteiger partial charge in [0.25, 0.3) is 0 Å². The highest BCUT2D eigenvalue weighted by Crippen LogP contribution is 2.30. The van der Waals surface area contributed by atoms with Gasteiger partial charge in [-0.25, -0.2) is 0 Å². The minimum atomic E-state index is -0.0552. The third kappa shape index (κ3) is 4.51. The number of esters is 1. The van der Waals surface area contributed by atoms with Gasteiger partial charge in [-0.05, 0) is 49.9 Å². The van der Waals surface area contributed by atoms with E-state index in [0.717, 1.165) is 42.3 Å². The smallest absolute Gasteiger partial charge is 0.309 e. The molecule has 1 aromatic rings. The third-order valence-electron chi connectivity index (χ3n) is 3.58. The highest BCUT2D eigenvalue weighted by Gasteiger charge is 2.32. The lowest BCUT2D eigenvalue weighted by Gasteiger charge is -2.14. The van der Waals surface area contributed by atoms with E-state index in [2.05, 4.69) is 22.9 Å². The first-order valence-corrected chi connectivity index (χ1v) is 8.07. The summed E-state index contributed by atoms with van der Waals surface area (Å²) < 4.78 is 12.2. The molecule has 1 saturated carbocycles. The fourth-order valence-electron chi connectivity index (χ4n) is 2.40. The Kier molecular flexibility index (Phi) is 5.89. The van der Waals surface area contributed by atoms with Crippen LogP contribution in [0.2, 0.25) is 0 Å². The van der Waals surface area contributed by atoms with E-state index in [4.69, 9.17) is 9.47 Å². The monoisotopic (exact) mass is 340 g/mol. The molecule has 0 N–H and O–H groups in total. The summed E-state index contributed by atoms with van der Waals surface area (Å²) in [5, 5.41) is 0. The zero-order valence-corrected chi connectivity index (χ0v) is 13.4. The van der Waals surface area contributed by atoms with Gasteiger partial charge >= 0.3 is 5.97 Å². The van der Waals surface area contributed by atoms with Gasteiger partial charge in [0.1, 0.15) is 5.75 Å². The number of ether oxygens (including phenoxy) is 2. The molecule has 1 aliphatic carbocycles. The van der Waals surface area contributed by atoms with Crippen molar-refractivity contribution in [3.63, 3.8) is 0 Å². The highest BCUT2D eigenvalue weighted by atomic mass is 79.9. The Morgan fingerprint density at radius 2 is 2.05 bits per heavy atom. The van der Waals surface area contributed by atoms with Crippen molar-refractivity contribution < 1.29 is 14.3 Å². The van der Waals surface area contributed by atoms with Crippen molar-refractivity contribution in [2.45, 2.75) is 45.1 Å². The van der Waals surface area contributed by atoms with Crippen LogP contribution in [0.15, 0.2) is 28.7 Å². The summed E-state index contributed by atoms with van der Waals surface area (Å²) in [5.74, 6) is 0.811. The molecule has 0 aromatic heterocycles. The summed E-state index contributed by atoms with van der Waals surface area (Å²) >= 11 is 3.40. The van der Waals surface area contributed by atoms with Crippen molar-refractivity contribution in [2.24, 2.45) is 5.92 Å². The number of carbonyl (C=O) groups is 1. The zero-order chi connectivity index (χ0) is 14.4. The Balaban J connectivity index is 1.77. The molecule has 0 bridgehead atoms. The van der Waals surface area contributed by atoms with Gasteiger partial charge < -0.3 is 9.47 Å². The fraction of sp³-hybridized carbons (Fsp3) is 0.562. The van der Waals surface area contributed by atoms with E-state index in [1.807, 2.05) is 24.3 Å². The van der Waals surface area contributed by atoms with Crippen LogP contribution >= 0.6 is 15.9 Å². The quantitative estimate of drug-likeness (QED) is 0.570. The lowest BCUT2D eigenvalue weighted by molar-refractivity contribution is -0.148. The number of halogens is 1. The predicted octanol–water partition coefficient (Wildman–Crippen LogP) is 4.34. The summed E-state index contributed by atoms with van der Waals surface area (Å²) in [7, 11) is 0. The molecule has 4 heteroatoms. The molecular weight excluding hydrogens is 320 g/mol. The Labute approximate surface area is 128 Å². The van der Waals surface area contributed by atoms with Crippen LogP contribution < -0.4 is 4.74 Å². The molecule has 0 aliphatic heterocycles. The van der Waals surface area contributed by atoms with Gasteiger partial charge in [0, 0.05) is 4.47 Å². The maximum absolute atomic E-state index is 11.9. The van der Waals surface area contributed by atoms with Crippen LogP contribution in [0.5, 0.6) is 5.75 Å². The van der Waals surface area contributed by atoms with E-state index < -0.39 is 0 Å². The first-order chi connectivity index (χ1) is 9.69. The molecule has 0 radical (unpaired) electrons. The van der Waals surface area contributed by atoms with Crippen molar-refractivity contribution in [1.82, 2.24) is 0 Å². The van der Waals surface area contributed by atoms with Crippen molar-refractivity contribution in [2.75, 3.05) is 6.61 Å². The van der Waals surface area contributed by atoms with Crippen LogP contribution in [0.3, 0.4) is 0 Å². The number of hydrogen-bond donors (Lipinski definition) is 0. The molecule has 110 valence electrons. The summed E-state index contributed by atoms with van der Waals surface area (Å²) in [6.45, 7) is 2.63. The van der Waals surface area contributed by atoms with Crippen LogP contribution in [0.25, 0.3) is 0 Å². The second-order valence-corrected chi connectivity index (χ2v) is 6.14. The Morgan fingerprint density at radius 1 is 1.30 bits per heavy atom. The van der Waals surface area contributed by atoms with Gasteiger partial charge in [-0.1, -0.05) is 29.3 Å². The first kappa shape index (κ1) is 15.4. The normalized spacial score (nSPS) is 21.7. The van der Waals surface area contributed by atoms with Crippen molar-refractivity contribution >= 4 is 21.9 Å². The van der Waals surface area contributed by atoms with Gasteiger partial charge in [0.05, 0.1) is 18.6 Å². The number of hydrogen-bond acceptors (Lipinski definition) is 3. The largest absolute Gasteiger partial charge is 0.490 e. The number of unbranched alkanes of at least 4 members (excludes halogenated alkanes) is 1. The van der Waals surface area contributed by atoms with Gasteiger partial charge in [-0.15, -0.1) is 0 Å². The predicted molar refractivity (Wildman–Crippen MR) is 81.8 cm³/mol. The summed E-state index contributed by atoms with van der Waals surface area (Å²) in [6, 6.07) is 7.80. The van der Waals surface area contributed by atoms with Crippen LogP contribution in [0, 0.1) is 5.92 Å². The summed E-state index contributed by atoms with van der Waals surface area (Å²) in [4.78, 5) is 11.9. The molecule has 2 atom stereocenters. The number of carbonyl (C=O) groups excluding carboxylic acids is 1. The molecule has 20 heavy (non-hydrogen) atoms. The zero-order valence-electron chi connectivity index (χ0n) is 11.8. The van der Waals surface area contributed by atoms with E-state index in [-0.39, 0.29) is 18.0 Å². The molecule has 0 amide bonds. The molecular formula is C16H21BrO3. The molecule has 0 heterocycles. The summed E-state index contributed by atoms with van der Waals surface area (Å²) in [6.07, 6.45) is 4.67. The molecule has 0 spiro atoms. The van der Waals surface area contributed by atoms with Crippen molar-refractivity contribution in [3.8, 4) is 5.75 Å². The maximum atomic E-state index is 11.9. The average Bonchev–Trinajstić information content (AvgIpc) is 2.90.